The van der Waals surface area contributed by atoms with Crippen molar-refractivity contribution in [3.63, 3.8) is 0 Å². The van der Waals surface area contributed by atoms with Gasteiger partial charge in [0.15, 0.2) is 0 Å². The van der Waals surface area contributed by atoms with E-state index in [2.05, 4.69) is 18.7 Å². The summed E-state index contributed by atoms with van der Waals surface area (Å²) in [5, 5.41) is 1.67. The minimum atomic E-state index is 0.662. The predicted octanol–water partition coefficient (Wildman–Crippen LogP) is 0.363. The lowest BCUT2D eigenvalue weighted by molar-refractivity contribution is 0.229. The summed E-state index contributed by atoms with van der Waals surface area (Å²) in [5.74, 6) is 6.75. The standard InChI is InChI=1S/C6H12N3/c1-3-5-9(8-7)6-4-2/h3-4,7-8H,1-2,5-6H2. The quantitative estimate of drug-likeness (QED) is 0.427. The van der Waals surface area contributed by atoms with E-state index in [1.54, 1.807) is 17.2 Å². The topological polar surface area (TPSA) is 39.1 Å². The molecule has 1 radical (unpaired) electrons. The van der Waals surface area contributed by atoms with Crippen molar-refractivity contribution in [1.82, 2.24) is 16.4 Å². The monoisotopic (exact) mass is 126 g/mol. The van der Waals surface area contributed by atoms with Crippen LogP contribution in [0.25, 0.3) is 0 Å². The van der Waals surface area contributed by atoms with Crippen molar-refractivity contribution in [2.24, 2.45) is 0 Å². The highest BCUT2D eigenvalue weighted by Gasteiger charge is 1.92. The van der Waals surface area contributed by atoms with E-state index >= 15 is 0 Å². The van der Waals surface area contributed by atoms with E-state index in [9.17, 15) is 0 Å². The fraction of sp³-hybridized carbons (Fsp3) is 0.333. The zero-order chi connectivity index (χ0) is 7.11. The Morgan fingerprint density at radius 1 is 1.33 bits per heavy atom. The Balaban J connectivity index is 3.39. The van der Waals surface area contributed by atoms with Crippen LogP contribution in [0.3, 0.4) is 0 Å². The third kappa shape index (κ3) is 3.90. The van der Waals surface area contributed by atoms with Crippen LogP contribution in [0.1, 0.15) is 0 Å². The van der Waals surface area contributed by atoms with E-state index < -0.39 is 0 Å². The fourth-order valence-electron chi connectivity index (χ4n) is 0.477. The highest BCUT2D eigenvalue weighted by molar-refractivity contribution is 4.76. The summed E-state index contributed by atoms with van der Waals surface area (Å²) in [6, 6.07) is 0. The number of hydrogen-bond acceptors (Lipinski definition) is 2. The maximum absolute atomic E-state index is 6.75. The third-order valence-corrected chi connectivity index (χ3v) is 0.857. The molecule has 0 unspecified atom stereocenters. The van der Waals surface area contributed by atoms with Crippen LogP contribution in [0, 0.1) is 0 Å². The Morgan fingerprint density at radius 2 is 1.78 bits per heavy atom. The van der Waals surface area contributed by atoms with Crippen LogP contribution in [-0.4, -0.2) is 18.1 Å². The molecule has 3 heteroatoms. The first kappa shape index (κ1) is 8.36. The van der Waals surface area contributed by atoms with E-state index in [-0.39, 0.29) is 0 Å². The van der Waals surface area contributed by atoms with Gasteiger partial charge in [0.1, 0.15) is 0 Å². The van der Waals surface area contributed by atoms with Crippen molar-refractivity contribution < 1.29 is 0 Å². The van der Waals surface area contributed by atoms with Crippen molar-refractivity contribution >= 4 is 0 Å². The number of nitrogens with one attached hydrogen (secondary N) is 2. The van der Waals surface area contributed by atoms with Crippen LogP contribution in [-0.2, 0) is 0 Å². The van der Waals surface area contributed by atoms with Gasteiger partial charge in [-0.15, -0.1) is 13.2 Å². The first-order chi connectivity index (χ1) is 4.35. The Bertz CT molecular complexity index is 80.3. The van der Waals surface area contributed by atoms with Gasteiger partial charge in [-0.05, 0) is 0 Å². The van der Waals surface area contributed by atoms with Gasteiger partial charge in [0.05, 0.1) is 0 Å². The molecule has 0 aromatic rings. The molecule has 2 N–H and O–H groups in total. The van der Waals surface area contributed by atoms with Crippen molar-refractivity contribution in [1.29, 1.82) is 0 Å². The molecule has 0 atom stereocenters. The van der Waals surface area contributed by atoms with E-state index in [1.807, 2.05) is 0 Å². The molecule has 0 bridgehead atoms. The van der Waals surface area contributed by atoms with Crippen LogP contribution >= 0.6 is 0 Å². The molecule has 0 spiro atoms. The Morgan fingerprint density at radius 3 is 2.00 bits per heavy atom. The molecular weight excluding hydrogens is 114 g/mol. The van der Waals surface area contributed by atoms with Gasteiger partial charge in [-0.1, -0.05) is 12.2 Å². The Hall–Kier alpha value is -0.640. The summed E-state index contributed by atoms with van der Waals surface area (Å²) in [4.78, 5) is 0. The molecular formula is C6H12N3. The lowest BCUT2D eigenvalue weighted by atomic mass is 10.5. The molecule has 0 aromatic carbocycles. The first-order valence-electron chi connectivity index (χ1n) is 2.74. The summed E-state index contributed by atoms with van der Waals surface area (Å²) in [6.07, 6.45) is 3.45. The summed E-state index contributed by atoms with van der Waals surface area (Å²) in [5.41, 5.74) is 2.24. The van der Waals surface area contributed by atoms with Crippen molar-refractivity contribution in [2.45, 2.75) is 0 Å². The van der Waals surface area contributed by atoms with Gasteiger partial charge >= 0.3 is 0 Å². The molecule has 0 saturated heterocycles. The largest absolute Gasteiger partial charge is 0.222 e. The number of nitrogens with zero attached hydrogens (tertiary/aromatic N) is 1. The van der Waals surface area contributed by atoms with Gasteiger partial charge in [-0.25, -0.2) is 5.01 Å². The van der Waals surface area contributed by atoms with Crippen molar-refractivity contribution in [2.75, 3.05) is 13.1 Å². The highest BCUT2D eigenvalue weighted by atomic mass is 15.6. The number of hydrogen-bond donors (Lipinski definition) is 1. The summed E-state index contributed by atoms with van der Waals surface area (Å²) in [7, 11) is 0. The highest BCUT2D eigenvalue weighted by Crippen LogP contribution is 1.79. The summed E-state index contributed by atoms with van der Waals surface area (Å²) in [6.45, 7) is 8.39. The van der Waals surface area contributed by atoms with Crippen molar-refractivity contribution in [3.05, 3.63) is 25.3 Å². The zero-order valence-electron chi connectivity index (χ0n) is 5.43. The minimum Gasteiger partial charge on any atom is -0.222 e. The van der Waals surface area contributed by atoms with Crippen LogP contribution < -0.4 is 11.4 Å². The van der Waals surface area contributed by atoms with E-state index in [0.717, 1.165) is 0 Å². The molecule has 0 fully saturated rings. The molecule has 0 aromatic heterocycles. The van der Waals surface area contributed by atoms with Crippen LogP contribution in [0.2, 0.25) is 0 Å². The lowest BCUT2D eigenvalue weighted by Crippen LogP contribution is -2.36. The minimum absolute atomic E-state index is 0.662. The van der Waals surface area contributed by atoms with Crippen LogP contribution in [0.15, 0.2) is 25.3 Å². The molecule has 0 amide bonds. The molecule has 0 rings (SSSR count). The van der Waals surface area contributed by atoms with Crippen LogP contribution in [0.5, 0.6) is 0 Å². The Labute approximate surface area is 55.8 Å². The smallest absolute Gasteiger partial charge is 0.0326 e. The summed E-state index contributed by atoms with van der Waals surface area (Å²) < 4.78 is 0. The molecule has 3 nitrogen and oxygen atoms in total. The maximum Gasteiger partial charge on any atom is 0.0326 e. The second-order valence-electron chi connectivity index (χ2n) is 1.59. The lowest BCUT2D eigenvalue weighted by Gasteiger charge is -2.14. The molecule has 0 heterocycles. The molecule has 0 aliphatic carbocycles. The second kappa shape index (κ2) is 5.50. The predicted molar refractivity (Wildman–Crippen MR) is 38.2 cm³/mol. The van der Waals surface area contributed by atoms with Gasteiger partial charge in [0.25, 0.3) is 0 Å². The van der Waals surface area contributed by atoms with Crippen LogP contribution in [0.4, 0.5) is 0 Å². The van der Waals surface area contributed by atoms with Gasteiger partial charge in [0.2, 0.25) is 0 Å². The van der Waals surface area contributed by atoms with Crippen molar-refractivity contribution in [3.8, 4) is 0 Å². The normalized spacial score (nSPS) is 9.56. The third-order valence-electron chi connectivity index (χ3n) is 0.857. The number of rotatable bonds is 5. The molecule has 51 valence electrons. The van der Waals surface area contributed by atoms with Gasteiger partial charge in [-0.2, -0.15) is 11.4 Å². The van der Waals surface area contributed by atoms with Gasteiger partial charge < -0.3 is 0 Å². The maximum atomic E-state index is 6.75. The zero-order valence-corrected chi connectivity index (χ0v) is 5.43. The fourth-order valence-corrected chi connectivity index (χ4v) is 0.477. The van der Waals surface area contributed by atoms with Gasteiger partial charge in [-0.3, -0.25) is 0 Å². The average Bonchev–Trinajstić information content (AvgIpc) is 1.88. The van der Waals surface area contributed by atoms with Gasteiger partial charge in [0, 0.05) is 13.1 Å². The average molecular weight is 126 g/mol. The SMILES string of the molecule is C=CCN(CC=C)N[NH]. The molecule has 0 saturated carbocycles. The van der Waals surface area contributed by atoms with E-state index in [0.29, 0.717) is 13.1 Å². The first-order valence-corrected chi connectivity index (χ1v) is 2.74. The summed E-state index contributed by atoms with van der Waals surface area (Å²) >= 11 is 0. The second-order valence-corrected chi connectivity index (χ2v) is 1.59. The molecule has 0 aliphatic rings. The van der Waals surface area contributed by atoms with E-state index in [1.165, 1.54) is 0 Å². The van der Waals surface area contributed by atoms with E-state index in [4.69, 9.17) is 5.84 Å². The molecule has 9 heavy (non-hydrogen) atoms. The molecule has 0 aliphatic heterocycles. The Kier molecular flexibility index (Phi) is 5.11. The number of hydrazine groups is 1.